The van der Waals surface area contributed by atoms with Crippen molar-refractivity contribution in [1.29, 1.82) is 0 Å². The van der Waals surface area contributed by atoms with Crippen molar-refractivity contribution < 1.29 is 0 Å². The lowest BCUT2D eigenvalue weighted by molar-refractivity contribution is 0.249. The summed E-state index contributed by atoms with van der Waals surface area (Å²) in [5, 5.41) is 11.1. The van der Waals surface area contributed by atoms with Gasteiger partial charge in [0, 0.05) is 39.3 Å². The summed E-state index contributed by atoms with van der Waals surface area (Å²) in [4.78, 5) is 9.25. The van der Waals surface area contributed by atoms with E-state index in [-0.39, 0.29) is 0 Å². The van der Waals surface area contributed by atoms with Gasteiger partial charge in [-0.25, -0.2) is 0 Å². The molecule has 0 unspecified atom stereocenters. The van der Waals surface area contributed by atoms with E-state index in [0.29, 0.717) is 12.5 Å². The van der Waals surface area contributed by atoms with Gasteiger partial charge in [-0.1, -0.05) is 36.4 Å². The average Bonchev–Trinajstić information content (AvgIpc) is 2.62. The van der Waals surface area contributed by atoms with Crippen LogP contribution in [-0.2, 0) is 6.54 Å². The van der Waals surface area contributed by atoms with Crippen LogP contribution in [0.15, 0.2) is 49.2 Å². The van der Waals surface area contributed by atoms with Gasteiger partial charge >= 0.3 is 0 Å². The fourth-order valence-corrected chi connectivity index (χ4v) is 2.66. The van der Waals surface area contributed by atoms with E-state index < -0.39 is 0 Å². The van der Waals surface area contributed by atoms with E-state index in [9.17, 15) is 0 Å². The molecule has 1 aliphatic heterocycles. The molecule has 0 radical (unpaired) electrons. The van der Waals surface area contributed by atoms with Gasteiger partial charge in [0.05, 0.1) is 6.20 Å². The van der Waals surface area contributed by atoms with Crippen LogP contribution in [0, 0.1) is 0 Å². The molecule has 23 heavy (non-hydrogen) atoms. The van der Waals surface area contributed by atoms with Crippen molar-refractivity contribution in [3.8, 4) is 0 Å². The molecular weight excluding hydrogens is 288 g/mol. The first-order valence-corrected chi connectivity index (χ1v) is 7.91. The molecule has 6 heteroatoms. The molecular formula is C17H22N6. The number of rotatable bonds is 6. The lowest BCUT2D eigenvalue weighted by Crippen LogP contribution is -2.46. The SMILES string of the molecule is C=CCNc1nncc(N2CCN(Cc3ccccc3)CC2)n1. The standard InChI is InChI=1S/C17H22N6/c1-2-8-18-17-20-16(13-19-21-17)23-11-9-22(10-12-23)14-15-6-4-3-5-7-15/h2-7,13H,1,8-12,14H2,(H,18,20,21). The van der Waals surface area contributed by atoms with Crippen LogP contribution >= 0.6 is 0 Å². The second-order valence-corrected chi connectivity index (χ2v) is 5.56. The van der Waals surface area contributed by atoms with Gasteiger partial charge in [0.2, 0.25) is 5.95 Å². The third kappa shape index (κ3) is 4.26. The summed E-state index contributed by atoms with van der Waals surface area (Å²) in [6.07, 6.45) is 3.50. The number of hydrogen-bond acceptors (Lipinski definition) is 6. The van der Waals surface area contributed by atoms with Crippen molar-refractivity contribution in [2.24, 2.45) is 0 Å². The topological polar surface area (TPSA) is 57.2 Å². The zero-order valence-corrected chi connectivity index (χ0v) is 13.2. The van der Waals surface area contributed by atoms with Gasteiger partial charge in [0.1, 0.15) is 0 Å². The molecule has 0 aliphatic carbocycles. The van der Waals surface area contributed by atoms with Crippen molar-refractivity contribution in [1.82, 2.24) is 20.1 Å². The van der Waals surface area contributed by atoms with Crippen molar-refractivity contribution in [3.63, 3.8) is 0 Å². The predicted molar refractivity (Wildman–Crippen MR) is 92.4 cm³/mol. The summed E-state index contributed by atoms with van der Waals surface area (Å²) in [5.41, 5.74) is 1.36. The van der Waals surface area contributed by atoms with E-state index in [1.54, 1.807) is 12.3 Å². The molecule has 1 fully saturated rings. The third-order valence-corrected chi connectivity index (χ3v) is 3.90. The first kappa shape index (κ1) is 15.4. The Morgan fingerprint density at radius 1 is 1.13 bits per heavy atom. The minimum absolute atomic E-state index is 0.550. The smallest absolute Gasteiger partial charge is 0.244 e. The normalized spacial score (nSPS) is 15.4. The van der Waals surface area contributed by atoms with Gasteiger partial charge in [0.15, 0.2) is 5.82 Å². The Labute approximate surface area is 136 Å². The van der Waals surface area contributed by atoms with Gasteiger partial charge in [-0.05, 0) is 5.56 Å². The zero-order valence-electron chi connectivity index (χ0n) is 13.2. The highest BCUT2D eigenvalue weighted by Gasteiger charge is 2.18. The second-order valence-electron chi connectivity index (χ2n) is 5.56. The summed E-state index contributed by atoms with van der Waals surface area (Å²) in [5.74, 6) is 1.43. The molecule has 0 amide bonds. The van der Waals surface area contributed by atoms with Crippen LogP contribution in [0.3, 0.4) is 0 Å². The minimum atomic E-state index is 0.550. The fourth-order valence-electron chi connectivity index (χ4n) is 2.66. The van der Waals surface area contributed by atoms with Gasteiger partial charge in [0.25, 0.3) is 0 Å². The quantitative estimate of drug-likeness (QED) is 0.821. The fraction of sp³-hybridized carbons (Fsp3) is 0.353. The second kappa shape index (κ2) is 7.69. The van der Waals surface area contributed by atoms with E-state index in [4.69, 9.17) is 0 Å². The maximum absolute atomic E-state index is 4.52. The van der Waals surface area contributed by atoms with Crippen molar-refractivity contribution >= 4 is 11.8 Å². The highest BCUT2D eigenvalue weighted by atomic mass is 15.3. The average molecular weight is 310 g/mol. The summed E-state index contributed by atoms with van der Waals surface area (Å²) in [6.45, 7) is 9.26. The Hall–Kier alpha value is -2.47. The number of anilines is 2. The molecule has 0 atom stereocenters. The third-order valence-electron chi connectivity index (χ3n) is 3.90. The molecule has 1 aromatic heterocycles. The number of nitrogens with one attached hydrogen (secondary N) is 1. The highest BCUT2D eigenvalue weighted by Crippen LogP contribution is 2.15. The maximum Gasteiger partial charge on any atom is 0.244 e. The molecule has 0 bridgehead atoms. The van der Waals surface area contributed by atoms with Crippen LogP contribution < -0.4 is 10.2 Å². The van der Waals surface area contributed by atoms with Gasteiger partial charge < -0.3 is 10.2 Å². The first-order chi connectivity index (χ1) is 11.3. The van der Waals surface area contributed by atoms with Gasteiger partial charge in [-0.15, -0.1) is 11.7 Å². The molecule has 2 heterocycles. The van der Waals surface area contributed by atoms with Crippen LogP contribution in [0.5, 0.6) is 0 Å². The Morgan fingerprint density at radius 3 is 2.65 bits per heavy atom. The van der Waals surface area contributed by atoms with Crippen LogP contribution in [-0.4, -0.2) is 52.8 Å². The lowest BCUT2D eigenvalue weighted by atomic mass is 10.2. The molecule has 1 aliphatic rings. The summed E-state index contributed by atoms with van der Waals surface area (Å²) >= 11 is 0. The minimum Gasteiger partial charge on any atom is -0.353 e. The molecule has 2 aromatic rings. The molecule has 6 nitrogen and oxygen atoms in total. The first-order valence-electron chi connectivity index (χ1n) is 7.91. The number of piperazine rings is 1. The molecule has 1 N–H and O–H groups in total. The molecule has 1 aromatic carbocycles. The van der Waals surface area contributed by atoms with E-state index in [2.05, 4.69) is 67.2 Å². The molecule has 3 rings (SSSR count). The number of benzene rings is 1. The van der Waals surface area contributed by atoms with E-state index >= 15 is 0 Å². The van der Waals surface area contributed by atoms with E-state index in [0.717, 1.165) is 38.5 Å². The molecule has 0 saturated carbocycles. The maximum atomic E-state index is 4.52. The van der Waals surface area contributed by atoms with Crippen LogP contribution in [0.1, 0.15) is 5.56 Å². The molecule has 120 valence electrons. The van der Waals surface area contributed by atoms with E-state index in [1.807, 2.05) is 0 Å². The Morgan fingerprint density at radius 2 is 1.91 bits per heavy atom. The van der Waals surface area contributed by atoms with Crippen molar-refractivity contribution in [3.05, 3.63) is 54.7 Å². The monoisotopic (exact) mass is 310 g/mol. The van der Waals surface area contributed by atoms with E-state index in [1.165, 1.54) is 5.56 Å². The van der Waals surface area contributed by atoms with Gasteiger partial charge in [-0.3, -0.25) is 4.90 Å². The summed E-state index contributed by atoms with van der Waals surface area (Å²) < 4.78 is 0. The van der Waals surface area contributed by atoms with Crippen molar-refractivity contribution in [2.45, 2.75) is 6.54 Å². The van der Waals surface area contributed by atoms with Crippen LogP contribution in [0.4, 0.5) is 11.8 Å². The van der Waals surface area contributed by atoms with Crippen molar-refractivity contribution in [2.75, 3.05) is 42.9 Å². The number of aromatic nitrogens is 3. The molecule has 0 spiro atoms. The summed E-state index contributed by atoms with van der Waals surface area (Å²) in [6, 6.07) is 10.6. The Balaban J connectivity index is 1.55. The number of nitrogens with zero attached hydrogens (tertiary/aromatic N) is 5. The largest absolute Gasteiger partial charge is 0.353 e. The lowest BCUT2D eigenvalue weighted by Gasteiger charge is -2.35. The van der Waals surface area contributed by atoms with Crippen LogP contribution in [0.2, 0.25) is 0 Å². The van der Waals surface area contributed by atoms with Gasteiger partial charge in [-0.2, -0.15) is 10.1 Å². The Bertz CT molecular complexity index is 622. The Kier molecular flexibility index (Phi) is 5.16. The number of hydrogen-bond donors (Lipinski definition) is 1. The molecule has 1 saturated heterocycles. The summed E-state index contributed by atoms with van der Waals surface area (Å²) in [7, 11) is 0. The van der Waals surface area contributed by atoms with Crippen LogP contribution in [0.25, 0.3) is 0 Å². The highest BCUT2D eigenvalue weighted by molar-refractivity contribution is 5.41. The zero-order chi connectivity index (χ0) is 15.9. The predicted octanol–water partition coefficient (Wildman–Crippen LogP) is 1.79.